The molecule has 0 bridgehead atoms. The predicted octanol–water partition coefficient (Wildman–Crippen LogP) is 9.19. The van der Waals surface area contributed by atoms with Crippen molar-refractivity contribution in [3.05, 3.63) is 60.7 Å². The molecule has 0 unspecified atom stereocenters. The highest BCUT2D eigenvalue weighted by Crippen LogP contribution is 2.36. The van der Waals surface area contributed by atoms with E-state index in [4.69, 9.17) is 47.1 Å². The van der Waals surface area contributed by atoms with Gasteiger partial charge in [-0.3, -0.25) is 0 Å². The van der Waals surface area contributed by atoms with Gasteiger partial charge in [-0.15, -0.1) is 0 Å². The molecule has 0 amide bonds. The van der Waals surface area contributed by atoms with E-state index in [2.05, 4.69) is 88.4 Å². The number of rotatable bonds is 45. The minimum absolute atomic E-state index is 0.0534. The summed E-state index contributed by atoms with van der Waals surface area (Å²) < 4.78 is 57.6. The zero-order chi connectivity index (χ0) is 43.6. The zero-order valence-corrected chi connectivity index (χ0v) is 40.2. The lowest BCUT2D eigenvalue weighted by Crippen LogP contribution is -2.66. The molecule has 11 heteroatoms. The third-order valence-corrected chi connectivity index (χ3v) is 15.6. The topological polar surface area (TPSA) is 92.3 Å². The van der Waals surface area contributed by atoms with Gasteiger partial charge < -0.3 is 47.1 Å². The van der Waals surface area contributed by atoms with Gasteiger partial charge in [0.05, 0.1) is 119 Å². The Morgan fingerprint density at radius 2 is 0.557 bits per heavy atom. The number of ether oxygens (including phenoxy) is 9. The van der Waals surface area contributed by atoms with Gasteiger partial charge in [0.2, 0.25) is 0 Å². The summed E-state index contributed by atoms with van der Waals surface area (Å²) in [4.78, 5) is 0. The van der Waals surface area contributed by atoms with Crippen LogP contribution in [0.2, 0.25) is 5.04 Å². The molecule has 0 aliphatic rings. The Morgan fingerprint density at radius 1 is 0.311 bits per heavy atom. The number of unbranched alkanes of at least 4 members (excludes halogenated alkanes) is 13. The van der Waals surface area contributed by atoms with E-state index in [0.29, 0.717) is 119 Å². The summed E-state index contributed by atoms with van der Waals surface area (Å²) in [6.45, 7) is 19.7. The van der Waals surface area contributed by atoms with Crippen LogP contribution in [0.15, 0.2) is 60.7 Å². The highest BCUT2D eigenvalue weighted by Gasteiger charge is 2.50. The van der Waals surface area contributed by atoms with Crippen molar-refractivity contribution in [3.8, 4) is 0 Å². The maximum atomic E-state index is 6.86. The van der Waals surface area contributed by atoms with Crippen LogP contribution < -0.4 is 10.4 Å². The standard InChI is InChI=1S/C50H88O10Si/c1-5-6-7-8-9-10-11-12-13-14-15-16-17-24-29-51-30-31-52-32-33-53-34-35-54-36-37-55-38-39-56-40-41-57-42-43-58-44-45-59-46-47-60-61(50(2,3)4,48-25-20-18-21-26-48)49-27-22-19-23-28-49/h18-23,25-28H,5-17,24,29-47H2,1-4H3. The van der Waals surface area contributed by atoms with Crippen molar-refractivity contribution in [3.63, 3.8) is 0 Å². The SMILES string of the molecule is CCCCCCCCCCCCCCCCOCCOCCOCCOCCOCCOCCOCCOCCOCCO[Si](c1ccccc1)(c1ccccc1)C(C)(C)C. The molecule has 2 aromatic carbocycles. The van der Waals surface area contributed by atoms with Crippen molar-refractivity contribution >= 4 is 18.7 Å². The normalized spacial score (nSPS) is 12.1. The Morgan fingerprint density at radius 3 is 0.836 bits per heavy atom. The molecule has 0 atom stereocenters. The van der Waals surface area contributed by atoms with Crippen LogP contribution in [0.1, 0.15) is 118 Å². The fraction of sp³-hybridized carbons (Fsp3) is 0.760. The van der Waals surface area contributed by atoms with Gasteiger partial charge in [-0.25, -0.2) is 0 Å². The lowest BCUT2D eigenvalue weighted by Gasteiger charge is -2.43. The molecule has 352 valence electrons. The molecule has 10 nitrogen and oxygen atoms in total. The molecule has 61 heavy (non-hydrogen) atoms. The van der Waals surface area contributed by atoms with Crippen molar-refractivity contribution in [2.45, 2.75) is 123 Å². The first-order chi connectivity index (χ1) is 30.0. The summed E-state index contributed by atoms with van der Waals surface area (Å²) in [6.07, 6.45) is 19.3. The van der Waals surface area contributed by atoms with E-state index in [1.54, 1.807) is 0 Å². The third kappa shape index (κ3) is 28.6. The summed E-state index contributed by atoms with van der Waals surface area (Å²) in [5, 5.41) is 2.49. The van der Waals surface area contributed by atoms with E-state index < -0.39 is 8.32 Å². The van der Waals surface area contributed by atoms with Crippen LogP contribution in [-0.2, 0) is 47.1 Å². The highest BCUT2D eigenvalue weighted by atomic mass is 28.4. The largest absolute Gasteiger partial charge is 0.405 e. The molecule has 0 saturated heterocycles. The molecule has 0 radical (unpaired) electrons. The van der Waals surface area contributed by atoms with Crippen molar-refractivity contribution in [1.29, 1.82) is 0 Å². The fourth-order valence-corrected chi connectivity index (χ4v) is 11.8. The van der Waals surface area contributed by atoms with Gasteiger partial charge in [-0.05, 0) is 21.8 Å². The lowest BCUT2D eigenvalue weighted by molar-refractivity contribution is -0.0254. The molecule has 0 aromatic heterocycles. The highest BCUT2D eigenvalue weighted by molar-refractivity contribution is 6.99. The Bertz CT molecular complexity index is 1150. The van der Waals surface area contributed by atoms with E-state index in [9.17, 15) is 0 Å². The Kier molecular flexibility index (Phi) is 36.2. The first-order valence-electron chi connectivity index (χ1n) is 24.0. The van der Waals surface area contributed by atoms with Crippen molar-refractivity contribution < 1.29 is 47.1 Å². The number of hydrogen-bond donors (Lipinski definition) is 0. The first kappa shape index (κ1) is 55.4. The smallest absolute Gasteiger partial charge is 0.261 e. The van der Waals surface area contributed by atoms with Crippen LogP contribution >= 0.6 is 0 Å². The maximum absolute atomic E-state index is 6.86. The Hall–Kier alpha value is -1.74. The van der Waals surface area contributed by atoms with Crippen molar-refractivity contribution in [1.82, 2.24) is 0 Å². The summed E-state index contributed by atoms with van der Waals surface area (Å²) in [5.74, 6) is 0. The summed E-state index contributed by atoms with van der Waals surface area (Å²) in [5.41, 5.74) is 0. The van der Waals surface area contributed by atoms with Crippen LogP contribution in [0.3, 0.4) is 0 Å². The van der Waals surface area contributed by atoms with E-state index in [0.717, 1.165) is 13.0 Å². The minimum atomic E-state index is -2.54. The van der Waals surface area contributed by atoms with Gasteiger partial charge in [-0.2, -0.15) is 0 Å². The second-order valence-electron chi connectivity index (χ2n) is 16.6. The molecular weight excluding hydrogens is 789 g/mol. The van der Waals surface area contributed by atoms with Gasteiger partial charge >= 0.3 is 0 Å². The summed E-state index contributed by atoms with van der Waals surface area (Å²) in [7, 11) is -2.54. The van der Waals surface area contributed by atoms with Gasteiger partial charge in [-0.1, -0.05) is 172 Å². The van der Waals surface area contributed by atoms with E-state index in [1.807, 2.05) is 0 Å². The van der Waals surface area contributed by atoms with Crippen LogP contribution in [0.5, 0.6) is 0 Å². The van der Waals surface area contributed by atoms with Crippen LogP contribution in [0.4, 0.5) is 0 Å². The van der Waals surface area contributed by atoms with Crippen molar-refractivity contribution in [2.75, 3.05) is 126 Å². The van der Waals surface area contributed by atoms with Gasteiger partial charge in [0, 0.05) is 6.61 Å². The predicted molar refractivity (Wildman–Crippen MR) is 251 cm³/mol. The van der Waals surface area contributed by atoms with Gasteiger partial charge in [0.1, 0.15) is 0 Å². The van der Waals surface area contributed by atoms with E-state index in [1.165, 1.54) is 93.8 Å². The second-order valence-corrected chi connectivity index (χ2v) is 20.9. The van der Waals surface area contributed by atoms with Gasteiger partial charge in [0.25, 0.3) is 8.32 Å². The molecule has 0 N–H and O–H groups in total. The van der Waals surface area contributed by atoms with Crippen LogP contribution in [0, 0.1) is 0 Å². The molecule has 0 aliphatic heterocycles. The van der Waals surface area contributed by atoms with Gasteiger partial charge in [0.15, 0.2) is 0 Å². The molecule has 0 fully saturated rings. The summed E-state index contributed by atoms with van der Waals surface area (Å²) >= 11 is 0. The molecule has 0 spiro atoms. The van der Waals surface area contributed by atoms with E-state index >= 15 is 0 Å². The monoisotopic (exact) mass is 877 g/mol. The quantitative estimate of drug-likeness (QED) is 0.0474. The van der Waals surface area contributed by atoms with E-state index in [-0.39, 0.29) is 5.04 Å². The zero-order valence-electron chi connectivity index (χ0n) is 39.2. The molecule has 0 saturated carbocycles. The third-order valence-electron chi connectivity index (χ3n) is 10.6. The fourth-order valence-electron chi connectivity index (χ4n) is 7.28. The Balaban J connectivity index is 1.24. The maximum Gasteiger partial charge on any atom is 0.261 e. The van der Waals surface area contributed by atoms with Crippen LogP contribution in [0.25, 0.3) is 0 Å². The van der Waals surface area contributed by atoms with Crippen molar-refractivity contribution in [2.24, 2.45) is 0 Å². The first-order valence-corrected chi connectivity index (χ1v) is 25.9. The number of hydrogen-bond acceptors (Lipinski definition) is 10. The average Bonchev–Trinajstić information content (AvgIpc) is 3.27. The second kappa shape index (κ2) is 39.8. The minimum Gasteiger partial charge on any atom is -0.405 e. The molecule has 0 heterocycles. The van der Waals surface area contributed by atoms with Crippen LogP contribution in [-0.4, -0.2) is 134 Å². The lowest BCUT2D eigenvalue weighted by atomic mass is 10.0. The average molecular weight is 877 g/mol. The molecular formula is C50H88O10Si. The molecule has 0 aliphatic carbocycles. The number of benzene rings is 2. The molecule has 2 aromatic rings. The summed E-state index contributed by atoms with van der Waals surface area (Å²) in [6, 6.07) is 21.3. The Labute approximate surface area is 373 Å². The molecule has 2 rings (SSSR count).